The number of nitrogens with one attached hydrogen (secondary N) is 3. The molecule has 3 heterocycles. The molecular formula is C11H14N6O2. The molecule has 19 heavy (non-hydrogen) atoms. The number of likely N-dealkylation sites (tertiary alicyclic amines) is 1. The van der Waals surface area contributed by atoms with Crippen molar-refractivity contribution in [2.24, 2.45) is 0 Å². The van der Waals surface area contributed by atoms with Gasteiger partial charge in [-0.25, -0.2) is 9.78 Å². The molecule has 0 bridgehead atoms. The average molecular weight is 262 g/mol. The Hall–Kier alpha value is -2.38. The fraction of sp³-hybridized carbons (Fsp3) is 0.455. The number of carbonyl (C=O) groups excluding carboxylic acids is 1. The lowest BCUT2D eigenvalue weighted by Gasteiger charge is -2.26. The Labute approximate surface area is 108 Å². The summed E-state index contributed by atoms with van der Waals surface area (Å²) in [5.41, 5.74) is 0.241. The zero-order valence-corrected chi connectivity index (χ0v) is 10.3. The molecule has 0 unspecified atom stereocenters. The lowest BCUT2D eigenvalue weighted by Crippen LogP contribution is -2.39. The van der Waals surface area contributed by atoms with Crippen LogP contribution in [0.15, 0.2) is 11.1 Å². The minimum Gasteiger partial charge on any atom is -0.339 e. The molecule has 0 aliphatic carbocycles. The molecule has 1 fully saturated rings. The molecule has 1 saturated heterocycles. The van der Waals surface area contributed by atoms with Crippen molar-refractivity contribution in [1.82, 2.24) is 24.8 Å². The van der Waals surface area contributed by atoms with Gasteiger partial charge in [0.25, 0.3) is 5.56 Å². The normalized spacial score (nSPS) is 15.7. The summed E-state index contributed by atoms with van der Waals surface area (Å²) in [6, 6.07) is -0.238. The topological polar surface area (TPSA) is 107 Å². The Morgan fingerprint density at radius 1 is 1.32 bits per heavy atom. The number of anilines is 1. The molecule has 8 heteroatoms. The number of hydrogen-bond donors (Lipinski definition) is 3. The van der Waals surface area contributed by atoms with Gasteiger partial charge in [-0.1, -0.05) is 0 Å². The first-order chi connectivity index (χ1) is 9.24. The van der Waals surface area contributed by atoms with Crippen molar-refractivity contribution in [2.75, 3.05) is 18.4 Å². The van der Waals surface area contributed by atoms with E-state index in [1.165, 1.54) is 6.33 Å². The van der Waals surface area contributed by atoms with Crippen molar-refractivity contribution in [3.05, 3.63) is 16.7 Å². The van der Waals surface area contributed by atoms with Gasteiger partial charge >= 0.3 is 6.03 Å². The van der Waals surface area contributed by atoms with Crippen molar-refractivity contribution in [3.63, 3.8) is 0 Å². The van der Waals surface area contributed by atoms with Crippen LogP contribution >= 0.6 is 0 Å². The van der Waals surface area contributed by atoms with E-state index in [1.807, 2.05) is 0 Å². The molecule has 100 valence electrons. The molecular weight excluding hydrogens is 248 g/mol. The summed E-state index contributed by atoms with van der Waals surface area (Å²) in [6.07, 6.45) is 4.56. The average Bonchev–Trinajstić information content (AvgIpc) is 2.88. The Bertz CT molecular complexity index is 654. The lowest BCUT2D eigenvalue weighted by atomic mass is 10.1. The van der Waals surface area contributed by atoms with Gasteiger partial charge in [0.1, 0.15) is 0 Å². The molecule has 2 aromatic heterocycles. The summed E-state index contributed by atoms with van der Waals surface area (Å²) in [7, 11) is 0. The van der Waals surface area contributed by atoms with E-state index >= 15 is 0 Å². The number of hydrogen-bond acceptors (Lipinski definition) is 4. The number of H-pyrrole nitrogens is 2. The highest BCUT2D eigenvalue weighted by atomic mass is 16.2. The van der Waals surface area contributed by atoms with Crippen LogP contribution in [0, 0.1) is 0 Å². The van der Waals surface area contributed by atoms with E-state index < -0.39 is 0 Å². The summed E-state index contributed by atoms with van der Waals surface area (Å²) >= 11 is 0. The van der Waals surface area contributed by atoms with E-state index in [4.69, 9.17) is 0 Å². The van der Waals surface area contributed by atoms with Crippen molar-refractivity contribution < 1.29 is 4.79 Å². The quantitative estimate of drug-likeness (QED) is 0.701. The molecule has 0 radical (unpaired) electrons. The predicted octanol–water partition coefficient (Wildman–Crippen LogP) is 0.664. The summed E-state index contributed by atoms with van der Waals surface area (Å²) in [6.45, 7) is 1.47. The van der Waals surface area contributed by atoms with Crippen LogP contribution in [0.25, 0.3) is 11.2 Å². The van der Waals surface area contributed by atoms with Gasteiger partial charge in [0.05, 0.1) is 6.33 Å². The number of aromatic nitrogens is 4. The van der Waals surface area contributed by atoms with Crippen LogP contribution in [0.1, 0.15) is 19.3 Å². The minimum absolute atomic E-state index is 0.125. The second-order valence-corrected chi connectivity index (χ2v) is 4.49. The van der Waals surface area contributed by atoms with E-state index in [9.17, 15) is 9.59 Å². The predicted molar refractivity (Wildman–Crippen MR) is 69.0 cm³/mol. The standard InChI is InChI=1S/C11H14N6O2/c18-9-7-8(13-6-12-7)14-10(15-9)16-11(19)17-4-2-1-3-5-17/h6H,1-5H2,(H3,12,13,14,15,16,18,19). The van der Waals surface area contributed by atoms with E-state index in [2.05, 4.69) is 25.3 Å². The van der Waals surface area contributed by atoms with Crippen LogP contribution in [0.2, 0.25) is 0 Å². The number of piperidine rings is 1. The van der Waals surface area contributed by atoms with Crippen LogP contribution < -0.4 is 10.9 Å². The molecule has 0 spiro atoms. The number of urea groups is 1. The van der Waals surface area contributed by atoms with Gasteiger partial charge in [-0.2, -0.15) is 4.98 Å². The van der Waals surface area contributed by atoms with Crippen molar-refractivity contribution >= 4 is 23.1 Å². The summed E-state index contributed by atoms with van der Waals surface area (Å²) in [4.78, 5) is 38.6. The highest BCUT2D eigenvalue weighted by molar-refractivity contribution is 5.88. The maximum atomic E-state index is 12.0. The van der Waals surface area contributed by atoms with Crippen molar-refractivity contribution in [3.8, 4) is 0 Å². The zero-order valence-electron chi connectivity index (χ0n) is 10.3. The van der Waals surface area contributed by atoms with Gasteiger partial charge in [-0.3, -0.25) is 15.1 Å². The number of fused-ring (bicyclic) bond motifs is 1. The van der Waals surface area contributed by atoms with Crippen LogP contribution in [-0.4, -0.2) is 44.0 Å². The SMILES string of the molecule is O=C(Nc1nc2nc[nH]c2c(=O)[nH]1)N1CCCCC1. The smallest absolute Gasteiger partial charge is 0.324 e. The summed E-state index contributed by atoms with van der Waals surface area (Å²) in [5, 5.41) is 2.60. The Morgan fingerprint density at radius 2 is 2.11 bits per heavy atom. The maximum absolute atomic E-state index is 12.0. The Kier molecular flexibility index (Phi) is 2.90. The molecule has 1 aliphatic heterocycles. The molecule has 0 aromatic carbocycles. The molecule has 3 rings (SSSR count). The van der Waals surface area contributed by atoms with Gasteiger partial charge in [0.15, 0.2) is 11.2 Å². The fourth-order valence-electron chi connectivity index (χ4n) is 2.18. The summed E-state index contributed by atoms with van der Waals surface area (Å²) < 4.78 is 0. The van der Waals surface area contributed by atoms with Crippen LogP contribution in [0.3, 0.4) is 0 Å². The number of amides is 2. The number of aromatic amines is 2. The van der Waals surface area contributed by atoms with Gasteiger partial charge in [0.2, 0.25) is 5.95 Å². The first kappa shape index (κ1) is 11.7. The second-order valence-electron chi connectivity index (χ2n) is 4.49. The Balaban J connectivity index is 1.80. The fourth-order valence-corrected chi connectivity index (χ4v) is 2.18. The van der Waals surface area contributed by atoms with Crippen LogP contribution in [0.4, 0.5) is 10.7 Å². The minimum atomic E-state index is -0.351. The largest absolute Gasteiger partial charge is 0.339 e. The third-order valence-electron chi connectivity index (χ3n) is 3.16. The van der Waals surface area contributed by atoms with Crippen molar-refractivity contribution in [2.45, 2.75) is 19.3 Å². The molecule has 0 atom stereocenters. The molecule has 2 amide bonds. The molecule has 3 N–H and O–H groups in total. The lowest BCUT2D eigenvalue weighted by molar-refractivity contribution is 0.200. The van der Waals surface area contributed by atoms with E-state index in [1.54, 1.807) is 4.90 Å². The van der Waals surface area contributed by atoms with Gasteiger partial charge in [-0.05, 0) is 19.3 Å². The molecule has 2 aromatic rings. The number of carbonyl (C=O) groups is 1. The molecule has 8 nitrogen and oxygen atoms in total. The number of imidazole rings is 1. The third kappa shape index (κ3) is 2.28. The monoisotopic (exact) mass is 262 g/mol. The van der Waals surface area contributed by atoms with Gasteiger partial charge in [-0.15, -0.1) is 0 Å². The maximum Gasteiger partial charge on any atom is 0.324 e. The van der Waals surface area contributed by atoms with E-state index in [-0.39, 0.29) is 23.2 Å². The number of nitrogens with zero attached hydrogens (tertiary/aromatic N) is 3. The zero-order chi connectivity index (χ0) is 13.2. The summed E-state index contributed by atoms with van der Waals surface area (Å²) in [5.74, 6) is 0.125. The first-order valence-electron chi connectivity index (χ1n) is 6.23. The Morgan fingerprint density at radius 3 is 2.89 bits per heavy atom. The second kappa shape index (κ2) is 4.71. The molecule has 1 aliphatic rings. The van der Waals surface area contributed by atoms with E-state index in [0.717, 1.165) is 32.4 Å². The van der Waals surface area contributed by atoms with Crippen LogP contribution in [-0.2, 0) is 0 Å². The van der Waals surface area contributed by atoms with Gasteiger partial charge in [0, 0.05) is 13.1 Å². The van der Waals surface area contributed by atoms with Crippen LogP contribution in [0.5, 0.6) is 0 Å². The first-order valence-corrected chi connectivity index (χ1v) is 6.23. The third-order valence-corrected chi connectivity index (χ3v) is 3.16. The van der Waals surface area contributed by atoms with Gasteiger partial charge < -0.3 is 9.88 Å². The highest BCUT2D eigenvalue weighted by Crippen LogP contribution is 2.10. The number of rotatable bonds is 1. The van der Waals surface area contributed by atoms with E-state index in [0.29, 0.717) is 5.52 Å². The molecule has 0 saturated carbocycles. The van der Waals surface area contributed by atoms with Crippen molar-refractivity contribution in [1.29, 1.82) is 0 Å². The highest BCUT2D eigenvalue weighted by Gasteiger charge is 2.17.